The van der Waals surface area contributed by atoms with Crippen molar-refractivity contribution in [2.45, 2.75) is 39.5 Å². The number of hydrogen-bond donors (Lipinski definition) is 1. The Morgan fingerprint density at radius 3 is 2.50 bits per heavy atom. The van der Waals surface area contributed by atoms with E-state index in [1.54, 1.807) is 0 Å². The third-order valence-corrected chi connectivity index (χ3v) is 3.39. The molecule has 3 heteroatoms. The van der Waals surface area contributed by atoms with E-state index in [2.05, 4.69) is 68.2 Å². The first kappa shape index (κ1) is 14.7. The highest BCUT2D eigenvalue weighted by Crippen LogP contribution is 2.25. The van der Waals surface area contributed by atoms with Crippen LogP contribution in [0.3, 0.4) is 0 Å². The van der Waals surface area contributed by atoms with Gasteiger partial charge in [-0.2, -0.15) is 0 Å². The summed E-state index contributed by atoms with van der Waals surface area (Å²) in [6.07, 6.45) is 2.26. The monoisotopic (exact) mass is 272 g/mol. The number of nitrogens with one attached hydrogen (secondary N) is 1. The van der Waals surface area contributed by atoms with Crippen molar-refractivity contribution in [1.29, 1.82) is 0 Å². The average Bonchev–Trinajstić information content (AvgIpc) is 2.81. The zero-order chi connectivity index (χ0) is 14.5. The molecular weight excluding hydrogens is 248 g/mol. The van der Waals surface area contributed by atoms with Gasteiger partial charge in [-0.1, -0.05) is 18.2 Å². The number of rotatable bonds is 6. The summed E-state index contributed by atoms with van der Waals surface area (Å²) < 4.78 is 8.02. The molecule has 20 heavy (non-hydrogen) atoms. The average molecular weight is 272 g/mol. The molecule has 108 valence electrons. The predicted molar refractivity (Wildman–Crippen MR) is 82.9 cm³/mol. The summed E-state index contributed by atoms with van der Waals surface area (Å²) in [5.41, 5.74) is 2.48. The van der Waals surface area contributed by atoms with Crippen molar-refractivity contribution in [2.24, 2.45) is 7.05 Å². The quantitative estimate of drug-likeness (QED) is 0.868. The minimum atomic E-state index is 0.191. The van der Waals surface area contributed by atoms with Crippen molar-refractivity contribution in [3.63, 3.8) is 0 Å². The summed E-state index contributed by atoms with van der Waals surface area (Å²) in [5.74, 6) is 0.967. The first-order chi connectivity index (χ1) is 9.58. The van der Waals surface area contributed by atoms with Gasteiger partial charge >= 0.3 is 0 Å². The Bertz CT molecular complexity index is 545. The fraction of sp³-hybridized carbons (Fsp3) is 0.412. The molecule has 0 bridgehead atoms. The first-order valence-electron chi connectivity index (χ1n) is 7.17. The molecule has 0 spiro atoms. The van der Waals surface area contributed by atoms with E-state index < -0.39 is 0 Å². The highest BCUT2D eigenvalue weighted by atomic mass is 16.5. The first-order valence-corrected chi connectivity index (χ1v) is 7.17. The summed E-state index contributed by atoms with van der Waals surface area (Å²) >= 11 is 0. The van der Waals surface area contributed by atoms with Crippen LogP contribution < -0.4 is 10.1 Å². The highest BCUT2D eigenvalue weighted by Gasteiger charge is 2.12. The number of para-hydroxylation sites is 1. The Morgan fingerprint density at radius 2 is 1.85 bits per heavy atom. The molecule has 0 fully saturated rings. The van der Waals surface area contributed by atoms with E-state index >= 15 is 0 Å². The lowest BCUT2D eigenvalue weighted by Gasteiger charge is -2.20. The Hall–Kier alpha value is -1.74. The Balaban J connectivity index is 2.05. The minimum absolute atomic E-state index is 0.191. The SMILES string of the molecule is CC(C)Oc1ccccc1C(C)NCc1cccn1C. The van der Waals surface area contributed by atoms with Crippen LogP contribution in [-0.4, -0.2) is 10.7 Å². The van der Waals surface area contributed by atoms with Gasteiger partial charge in [0.2, 0.25) is 0 Å². The van der Waals surface area contributed by atoms with E-state index in [1.165, 1.54) is 11.3 Å². The third kappa shape index (κ3) is 3.64. The Morgan fingerprint density at radius 1 is 1.10 bits per heavy atom. The molecule has 0 radical (unpaired) electrons. The van der Waals surface area contributed by atoms with E-state index in [0.29, 0.717) is 0 Å². The molecule has 0 amide bonds. The standard InChI is InChI=1S/C17H24N2O/c1-13(2)20-17-10-6-5-9-16(17)14(3)18-12-15-8-7-11-19(15)4/h5-11,13-14,18H,12H2,1-4H3. The number of nitrogens with zero attached hydrogens (tertiary/aromatic N) is 1. The second-order valence-corrected chi connectivity index (χ2v) is 5.42. The number of aromatic nitrogens is 1. The second kappa shape index (κ2) is 6.62. The van der Waals surface area contributed by atoms with Gasteiger partial charge < -0.3 is 14.6 Å². The van der Waals surface area contributed by atoms with Gasteiger partial charge in [0.1, 0.15) is 5.75 Å². The zero-order valence-electron chi connectivity index (χ0n) is 12.8. The van der Waals surface area contributed by atoms with Crippen LogP contribution in [0.1, 0.15) is 38.1 Å². The van der Waals surface area contributed by atoms with Crippen LogP contribution in [0.4, 0.5) is 0 Å². The second-order valence-electron chi connectivity index (χ2n) is 5.42. The number of benzene rings is 1. The highest BCUT2D eigenvalue weighted by molar-refractivity contribution is 5.35. The van der Waals surface area contributed by atoms with Crippen LogP contribution in [0.5, 0.6) is 5.75 Å². The maximum absolute atomic E-state index is 5.88. The van der Waals surface area contributed by atoms with Crippen molar-refractivity contribution < 1.29 is 4.74 Å². The van der Waals surface area contributed by atoms with Crippen LogP contribution in [-0.2, 0) is 13.6 Å². The molecule has 1 atom stereocenters. The van der Waals surface area contributed by atoms with Crippen LogP contribution in [0.15, 0.2) is 42.6 Å². The van der Waals surface area contributed by atoms with Gasteiger partial charge in [-0.3, -0.25) is 0 Å². The smallest absolute Gasteiger partial charge is 0.124 e. The fourth-order valence-electron chi connectivity index (χ4n) is 2.25. The van der Waals surface area contributed by atoms with Crippen molar-refractivity contribution in [3.8, 4) is 5.75 Å². The molecular formula is C17H24N2O. The molecule has 0 aliphatic carbocycles. The summed E-state index contributed by atoms with van der Waals surface area (Å²) in [6, 6.07) is 12.7. The van der Waals surface area contributed by atoms with Gasteiger partial charge in [0.15, 0.2) is 0 Å². The maximum Gasteiger partial charge on any atom is 0.124 e. The molecule has 1 heterocycles. The van der Waals surface area contributed by atoms with E-state index in [9.17, 15) is 0 Å². The lowest BCUT2D eigenvalue weighted by atomic mass is 10.1. The topological polar surface area (TPSA) is 26.2 Å². The van der Waals surface area contributed by atoms with Crippen LogP contribution in [0.2, 0.25) is 0 Å². The maximum atomic E-state index is 5.88. The summed E-state index contributed by atoms with van der Waals surface area (Å²) in [4.78, 5) is 0. The molecule has 3 nitrogen and oxygen atoms in total. The molecule has 0 saturated carbocycles. The van der Waals surface area contributed by atoms with Gasteiger partial charge in [-0.25, -0.2) is 0 Å². The van der Waals surface area contributed by atoms with Crippen molar-refractivity contribution >= 4 is 0 Å². The van der Waals surface area contributed by atoms with Gasteiger partial charge in [0.05, 0.1) is 6.10 Å². The van der Waals surface area contributed by atoms with Crippen molar-refractivity contribution in [1.82, 2.24) is 9.88 Å². The lowest BCUT2D eigenvalue weighted by molar-refractivity contribution is 0.238. The van der Waals surface area contributed by atoms with Gasteiger partial charge in [0.25, 0.3) is 0 Å². The molecule has 0 saturated heterocycles. The predicted octanol–water partition coefficient (Wildman–Crippen LogP) is 3.66. The Labute approximate surface area is 121 Å². The van der Waals surface area contributed by atoms with Gasteiger partial charge in [-0.05, 0) is 39.0 Å². The summed E-state index contributed by atoms with van der Waals surface area (Å²) in [7, 11) is 2.07. The fourth-order valence-corrected chi connectivity index (χ4v) is 2.25. The normalized spacial score (nSPS) is 12.7. The molecule has 0 aliphatic heterocycles. The zero-order valence-corrected chi connectivity index (χ0v) is 12.8. The van der Waals surface area contributed by atoms with E-state index in [4.69, 9.17) is 4.74 Å². The molecule has 1 unspecified atom stereocenters. The number of ether oxygens (including phenoxy) is 1. The minimum Gasteiger partial charge on any atom is -0.491 e. The largest absolute Gasteiger partial charge is 0.491 e. The molecule has 1 aromatic heterocycles. The van der Waals surface area contributed by atoms with E-state index in [-0.39, 0.29) is 12.1 Å². The number of aryl methyl sites for hydroxylation is 1. The molecule has 2 rings (SSSR count). The van der Waals surface area contributed by atoms with Crippen LogP contribution in [0.25, 0.3) is 0 Å². The van der Waals surface area contributed by atoms with Gasteiger partial charge in [-0.15, -0.1) is 0 Å². The molecule has 2 aromatic rings. The van der Waals surface area contributed by atoms with Crippen molar-refractivity contribution in [2.75, 3.05) is 0 Å². The van der Waals surface area contributed by atoms with Crippen LogP contribution in [0, 0.1) is 0 Å². The molecule has 1 N–H and O–H groups in total. The number of hydrogen-bond acceptors (Lipinski definition) is 2. The van der Waals surface area contributed by atoms with Crippen molar-refractivity contribution in [3.05, 3.63) is 53.9 Å². The molecule has 1 aromatic carbocycles. The van der Waals surface area contributed by atoms with Gasteiger partial charge in [0, 0.05) is 37.1 Å². The Kier molecular flexibility index (Phi) is 4.85. The van der Waals surface area contributed by atoms with Crippen LogP contribution >= 0.6 is 0 Å². The lowest BCUT2D eigenvalue weighted by Crippen LogP contribution is -2.20. The summed E-state index contributed by atoms with van der Waals surface area (Å²) in [6.45, 7) is 7.13. The third-order valence-electron chi connectivity index (χ3n) is 3.39. The summed E-state index contributed by atoms with van der Waals surface area (Å²) in [5, 5.41) is 3.55. The van der Waals surface area contributed by atoms with E-state index in [1.807, 2.05) is 12.1 Å². The molecule has 0 aliphatic rings. The van der Waals surface area contributed by atoms with E-state index in [0.717, 1.165) is 12.3 Å².